The zero-order valence-electron chi connectivity index (χ0n) is 16.0. The number of nitrogens with zero attached hydrogens (tertiary/aromatic N) is 4. The van der Waals surface area contributed by atoms with Crippen molar-refractivity contribution >= 4 is 5.91 Å². The van der Waals surface area contributed by atoms with E-state index in [9.17, 15) is 4.79 Å². The molecule has 1 saturated heterocycles. The SMILES string of the molecule is COc1ccc(Cn2ncnc2[C@@H]2CCCN2C(=O)C2CCCCC2)cc1. The van der Waals surface area contributed by atoms with Crippen LogP contribution < -0.4 is 4.74 Å². The van der Waals surface area contributed by atoms with Gasteiger partial charge in [0.25, 0.3) is 0 Å². The van der Waals surface area contributed by atoms with Crippen molar-refractivity contribution < 1.29 is 9.53 Å². The Morgan fingerprint density at radius 2 is 1.89 bits per heavy atom. The molecule has 6 heteroatoms. The molecule has 1 atom stereocenters. The van der Waals surface area contributed by atoms with Gasteiger partial charge < -0.3 is 9.64 Å². The van der Waals surface area contributed by atoms with E-state index in [1.807, 2.05) is 28.9 Å². The highest BCUT2D eigenvalue weighted by Crippen LogP contribution is 2.35. The molecule has 2 aliphatic rings. The summed E-state index contributed by atoms with van der Waals surface area (Å²) in [6, 6.07) is 8.06. The summed E-state index contributed by atoms with van der Waals surface area (Å²) in [5.41, 5.74) is 1.14. The molecular formula is C21H28N4O2. The van der Waals surface area contributed by atoms with Gasteiger partial charge in [-0.2, -0.15) is 5.10 Å². The third kappa shape index (κ3) is 3.84. The van der Waals surface area contributed by atoms with Crippen LogP contribution in [0, 0.1) is 5.92 Å². The molecule has 1 saturated carbocycles. The molecule has 6 nitrogen and oxygen atoms in total. The smallest absolute Gasteiger partial charge is 0.226 e. The van der Waals surface area contributed by atoms with Crippen LogP contribution in [0.25, 0.3) is 0 Å². The van der Waals surface area contributed by atoms with E-state index in [0.717, 1.165) is 49.4 Å². The van der Waals surface area contributed by atoms with E-state index in [4.69, 9.17) is 4.74 Å². The van der Waals surface area contributed by atoms with Gasteiger partial charge in [-0.25, -0.2) is 9.67 Å². The minimum absolute atomic E-state index is 0.0557. The van der Waals surface area contributed by atoms with Gasteiger partial charge in [0.05, 0.1) is 19.7 Å². The molecular weight excluding hydrogens is 340 g/mol. The first-order valence-electron chi connectivity index (χ1n) is 10.1. The first-order chi connectivity index (χ1) is 13.3. The molecule has 1 aromatic heterocycles. The Kier molecular flexibility index (Phi) is 5.41. The van der Waals surface area contributed by atoms with Gasteiger partial charge in [-0.15, -0.1) is 0 Å². The van der Waals surface area contributed by atoms with Crippen molar-refractivity contribution in [3.63, 3.8) is 0 Å². The second-order valence-corrected chi connectivity index (χ2v) is 7.65. The minimum Gasteiger partial charge on any atom is -0.497 e. The van der Waals surface area contributed by atoms with Gasteiger partial charge in [0.1, 0.15) is 17.9 Å². The molecule has 2 aromatic rings. The van der Waals surface area contributed by atoms with E-state index in [2.05, 4.69) is 15.0 Å². The fraction of sp³-hybridized carbons (Fsp3) is 0.571. The molecule has 4 rings (SSSR count). The van der Waals surface area contributed by atoms with Gasteiger partial charge in [0.2, 0.25) is 5.91 Å². The number of aromatic nitrogens is 3. The summed E-state index contributed by atoms with van der Waals surface area (Å²) in [6.07, 6.45) is 9.34. The minimum atomic E-state index is 0.0557. The Hall–Kier alpha value is -2.37. The number of hydrogen-bond donors (Lipinski definition) is 0. The lowest BCUT2D eigenvalue weighted by Crippen LogP contribution is -2.37. The molecule has 144 valence electrons. The van der Waals surface area contributed by atoms with Crippen LogP contribution in [0.2, 0.25) is 0 Å². The number of ether oxygens (including phenoxy) is 1. The lowest BCUT2D eigenvalue weighted by Gasteiger charge is -2.30. The quantitative estimate of drug-likeness (QED) is 0.809. The van der Waals surface area contributed by atoms with Crippen molar-refractivity contribution in [3.05, 3.63) is 42.0 Å². The van der Waals surface area contributed by atoms with Crippen LogP contribution in [0.3, 0.4) is 0 Å². The summed E-state index contributed by atoms with van der Waals surface area (Å²) in [6.45, 7) is 1.50. The molecule has 1 aliphatic heterocycles. The maximum atomic E-state index is 13.1. The Morgan fingerprint density at radius 1 is 1.11 bits per heavy atom. The average molecular weight is 368 g/mol. The Morgan fingerprint density at radius 3 is 2.63 bits per heavy atom. The largest absolute Gasteiger partial charge is 0.497 e. The number of hydrogen-bond acceptors (Lipinski definition) is 4. The third-order valence-electron chi connectivity index (χ3n) is 5.93. The zero-order valence-corrected chi connectivity index (χ0v) is 16.0. The summed E-state index contributed by atoms with van der Waals surface area (Å²) in [4.78, 5) is 19.7. The molecule has 1 amide bonds. The third-order valence-corrected chi connectivity index (χ3v) is 5.93. The first kappa shape index (κ1) is 18.0. The summed E-state index contributed by atoms with van der Waals surface area (Å²) < 4.78 is 7.17. The highest BCUT2D eigenvalue weighted by Gasteiger charge is 2.36. The molecule has 27 heavy (non-hydrogen) atoms. The summed E-state index contributed by atoms with van der Waals surface area (Å²) >= 11 is 0. The van der Waals surface area contributed by atoms with Crippen molar-refractivity contribution in [3.8, 4) is 5.75 Å². The summed E-state index contributed by atoms with van der Waals surface area (Å²) in [5.74, 6) is 2.29. The van der Waals surface area contributed by atoms with E-state index in [0.29, 0.717) is 12.5 Å². The normalized spacial score (nSPS) is 20.8. The van der Waals surface area contributed by atoms with Gasteiger partial charge in [-0.3, -0.25) is 4.79 Å². The number of rotatable bonds is 5. The van der Waals surface area contributed by atoms with E-state index < -0.39 is 0 Å². The van der Waals surface area contributed by atoms with Crippen molar-refractivity contribution in [1.29, 1.82) is 0 Å². The lowest BCUT2D eigenvalue weighted by molar-refractivity contribution is -0.137. The molecule has 2 fully saturated rings. The maximum Gasteiger partial charge on any atom is 0.226 e. The zero-order chi connectivity index (χ0) is 18.6. The molecule has 2 heterocycles. The van der Waals surface area contributed by atoms with Crippen LogP contribution in [-0.4, -0.2) is 39.2 Å². The summed E-state index contributed by atoms with van der Waals surface area (Å²) in [5, 5.41) is 4.44. The van der Waals surface area contributed by atoms with Crippen LogP contribution >= 0.6 is 0 Å². The molecule has 0 spiro atoms. The van der Waals surface area contributed by atoms with Gasteiger partial charge >= 0.3 is 0 Å². The molecule has 0 bridgehead atoms. The van der Waals surface area contributed by atoms with Crippen LogP contribution in [0.15, 0.2) is 30.6 Å². The predicted octanol–water partition coefficient (Wildman–Crippen LogP) is 3.58. The number of amides is 1. The van der Waals surface area contributed by atoms with Gasteiger partial charge in [-0.1, -0.05) is 31.4 Å². The number of carbonyl (C=O) groups is 1. The number of carbonyl (C=O) groups excluding carboxylic acids is 1. The van der Waals surface area contributed by atoms with Crippen molar-refractivity contribution in [1.82, 2.24) is 19.7 Å². The standard InChI is InChI=1S/C21H28N4O2/c1-27-18-11-9-16(10-12-18)14-25-20(22-15-23-25)19-8-5-13-24(19)21(26)17-6-3-2-4-7-17/h9-12,15,17,19H,2-8,13-14H2,1H3/t19-/m0/s1. The van der Waals surface area contributed by atoms with Crippen molar-refractivity contribution in [2.24, 2.45) is 5.92 Å². The topological polar surface area (TPSA) is 60.2 Å². The number of methoxy groups -OCH3 is 1. The van der Waals surface area contributed by atoms with E-state index in [1.54, 1.807) is 13.4 Å². The summed E-state index contributed by atoms with van der Waals surface area (Å²) in [7, 11) is 1.67. The van der Waals surface area contributed by atoms with Crippen LogP contribution in [-0.2, 0) is 11.3 Å². The molecule has 1 aromatic carbocycles. The van der Waals surface area contributed by atoms with Gasteiger partial charge in [0, 0.05) is 12.5 Å². The lowest BCUT2D eigenvalue weighted by atomic mass is 9.88. The highest BCUT2D eigenvalue weighted by molar-refractivity contribution is 5.79. The predicted molar refractivity (Wildman–Crippen MR) is 102 cm³/mol. The molecule has 0 unspecified atom stereocenters. The molecule has 0 N–H and O–H groups in total. The second-order valence-electron chi connectivity index (χ2n) is 7.65. The first-order valence-corrected chi connectivity index (χ1v) is 10.1. The molecule has 1 aliphatic carbocycles. The number of likely N-dealkylation sites (tertiary alicyclic amines) is 1. The fourth-order valence-electron chi connectivity index (χ4n) is 4.44. The number of benzene rings is 1. The second kappa shape index (κ2) is 8.11. The van der Waals surface area contributed by atoms with Gasteiger partial charge in [0.15, 0.2) is 0 Å². The fourth-order valence-corrected chi connectivity index (χ4v) is 4.44. The van der Waals surface area contributed by atoms with Crippen molar-refractivity contribution in [2.45, 2.75) is 57.5 Å². The van der Waals surface area contributed by atoms with Crippen LogP contribution in [0.1, 0.15) is 62.4 Å². The monoisotopic (exact) mass is 368 g/mol. The van der Waals surface area contributed by atoms with Gasteiger partial charge in [-0.05, 0) is 43.4 Å². The van der Waals surface area contributed by atoms with Crippen LogP contribution in [0.5, 0.6) is 5.75 Å². The highest BCUT2D eigenvalue weighted by atomic mass is 16.5. The average Bonchev–Trinajstić information content (AvgIpc) is 3.37. The van der Waals surface area contributed by atoms with Crippen LogP contribution in [0.4, 0.5) is 0 Å². The maximum absolute atomic E-state index is 13.1. The Balaban J connectivity index is 1.50. The van der Waals surface area contributed by atoms with E-state index in [1.165, 1.54) is 19.3 Å². The van der Waals surface area contributed by atoms with Crippen molar-refractivity contribution in [2.75, 3.05) is 13.7 Å². The molecule has 0 radical (unpaired) electrons. The Bertz CT molecular complexity index is 765. The van der Waals surface area contributed by atoms with E-state index in [-0.39, 0.29) is 12.0 Å². The van der Waals surface area contributed by atoms with E-state index >= 15 is 0 Å². The Labute approximate surface area is 160 Å².